The van der Waals surface area contributed by atoms with Crippen molar-refractivity contribution in [1.29, 1.82) is 0 Å². The minimum Gasteiger partial charge on any atom is -0.323 e. The van der Waals surface area contributed by atoms with Gasteiger partial charge in [0.1, 0.15) is 11.3 Å². The number of aryl methyl sites for hydroxylation is 1. The number of benzene rings is 1. The van der Waals surface area contributed by atoms with Gasteiger partial charge in [-0.05, 0) is 12.5 Å². The summed E-state index contributed by atoms with van der Waals surface area (Å²) < 4.78 is 1.88. The van der Waals surface area contributed by atoms with Gasteiger partial charge in [-0.25, -0.2) is 4.98 Å². The van der Waals surface area contributed by atoms with Crippen LogP contribution >= 0.6 is 0 Å². The second-order valence-corrected chi connectivity index (χ2v) is 4.77. The number of hydrogen-bond acceptors (Lipinski definition) is 2. The summed E-state index contributed by atoms with van der Waals surface area (Å²) in [4.78, 5) is 19.1. The highest BCUT2D eigenvalue weighted by Gasteiger charge is 2.15. The number of aromatic amines is 1. The van der Waals surface area contributed by atoms with Gasteiger partial charge in [-0.1, -0.05) is 37.3 Å². The van der Waals surface area contributed by atoms with Gasteiger partial charge in [-0.2, -0.15) is 0 Å². The van der Waals surface area contributed by atoms with Gasteiger partial charge in [0, 0.05) is 17.8 Å². The van der Waals surface area contributed by atoms with Gasteiger partial charge in [0.2, 0.25) is 0 Å². The Morgan fingerprint density at radius 1 is 1.26 bits per heavy atom. The van der Waals surface area contributed by atoms with Crippen LogP contribution in [0.4, 0.5) is 0 Å². The standard InChI is InChI=1S/C15H15N3O/c1-10-9-18-13(15(19)17-10)8-16-14(18)11(2)12-6-4-3-5-7-12/h3-9,11H,1-2H3,(H,17,19). The normalized spacial score (nSPS) is 12.7. The zero-order valence-corrected chi connectivity index (χ0v) is 10.9. The van der Waals surface area contributed by atoms with Crippen LogP contribution in [0.1, 0.15) is 29.9 Å². The van der Waals surface area contributed by atoms with Gasteiger partial charge in [-0.3, -0.25) is 9.20 Å². The molecule has 2 aromatic heterocycles. The molecule has 1 N–H and O–H groups in total. The summed E-state index contributed by atoms with van der Waals surface area (Å²) in [6, 6.07) is 10.2. The molecule has 0 bridgehead atoms. The Morgan fingerprint density at radius 2 is 2.00 bits per heavy atom. The number of fused-ring (bicyclic) bond motifs is 1. The molecular formula is C15H15N3O. The average molecular weight is 253 g/mol. The maximum atomic E-state index is 11.9. The van der Waals surface area contributed by atoms with E-state index in [0.717, 1.165) is 11.5 Å². The van der Waals surface area contributed by atoms with Gasteiger partial charge < -0.3 is 4.98 Å². The fraction of sp³-hybridized carbons (Fsp3) is 0.200. The highest BCUT2D eigenvalue weighted by atomic mass is 16.1. The van der Waals surface area contributed by atoms with Crippen LogP contribution in [0.25, 0.3) is 5.52 Å². The number of aromatic nitrogens is 3. The molecule has 0 saturated carbocycles. The van der Waals surface area contributed by atoms with Gasteiger partial charge in [0.05, 0.1) is 6.20 Å². The Hall–Kier alpha value is -2.36. The van der Waals surface area contributed by atoms with Crippen molar-refractivity contribution in [1.82, 2.24) is 14.4 Å². The molecule has 0 radical (unpaired) electrons. The molecule has 0 saturated heterocycles. The van der Waals surface area contributed by atoms with Crippen molar-refractivity contribution >= 4 is 5.52 Å². The van der Waals surface area contributed by atoms with Crippen molar-refractivity contribution in [3.05, 3.63) is 70.2 Å². The number of nitrogens with one attached hydrogen (secondary N) is 1. The van der Waals surface area contributed by atoms with E-state index in [9.17, 15) is 4.79 Å². The van der Waals surface area contributed by atoms with Crippen molar-refractivity contribution in [2.75, 3.05) is 0 Å². The molecule has 4 heteroatoms. The summed E-state index contributed by atoms with van der Waals surface area (Å²) in [6.45, 7) is 3.97. The average Bonchev–Trinajstić information content (AvgIpc) is 2.83. The van der Waals surface area contributed by atoms with Gasteiger partial charge in [0.15, 0.2) is 0 Å². The van der Waals surface area contributed by atoms with E-state index in [1.54, 1.807) is 6.20 Å². The molecule has 2 heterocycles. The van der Waals surface area contributed by atoms with Crippen molar-refractivity contribution in [2.24, 2.45) is 0 Å². The first kappa shape index (κ1) is 11.7. The Balaban J connectivity index is 2.19. The SMILES string of the molecule is Cc1cn2c(C(C)c3ccccc3)ncc2c(=O)[nH]1. The molecule has 0 aliphatic rings. The third-order valence-corrected chi connectivity index (χ3v) is 3.38. The molecule has 4 nitrogen and oxygen atoms in total. The second kappa shape index (κ2) is 4.39. The van der Waals surface area contributed by atoms with E-state index >= 15 is 0 Å². The smallest absolute Gasteiger partial charge is 0.274 e. The fourth-order valence-electron chi connectivity index (χ4n) is 2.36. The predicted molar refractivity (Wildman–Crippen MR) is 74.5 cm³/mol. The van der Waals surface area contributed by atoms with E-state index in [2.05, 4.69) is 29.0 Å². The summed E-state index contributed by atoms with van der Waals surface area (Å²) in [6.07, 6.45) is 3.55. The van der Waals surface area contributed by atoms with Crippen LogP contribution in [0.5, 0.6) is 0 Å². The summed E-state index contributed by atoms with van der Waals surface area (Å²) >= 11 is 0. The number of nitrogens with zero attached hydrogens (tertiary/aromatic N) is 2. The molecule has 1 unspecified atom stereocenters. The number of hydrogen-bond donors (Lipinski definition) is 1. The molecular weight excluding hydrogens is 238 g/mol. The highest BCUT2D eigenvalue weighted by Crippen LogP contribution is 2.22. The molecule has 0 fully saturated rings. The van der Waals surface area contributed by atoms with Crippen LogP contribution in [0.15, 0.2) is 47.5 Å². The first-order valence-corrected chi connectivity index (χ1v) is 6.28. The van der Waals surface area contributed by atoms with Crippen molar-refractivity contribution in [2.45, 2.75) is 19.8 Å². The fourth-order valence-corrected chi connectivity index (χ4v) is 2.36. The third-order valence-electron chi connectivity index (χ3n) is 3.38. The minimum atomic E-state index is -0.0981. The van der Waals surface area contributed by atoms with Crippen molar-refractivity contribution in [3.63, 3.8) is 0 Å². The largest absolute Gasteiger partial charge is 0.323 e. The summed E-state index contributed by atoms with van der Waals surface area (Å²) in [5, 5.41) is 0. The molecule has 3 rings (SSSR count). The molecule has 3 aromatic rings. The lowest BCUT2D eigenvalue weighted by atomic mass is 10.0. The zero-order chi connectivity index (χ0) is 13.4. The molecule has 0 aliphatic heterocycles. The summed E-state index contributed by atoms with van der Waals surface area (Å²) in [5.41, 5.74) is 2.51. The van der Waals surface area contributed by atoms with E-state index in [0.29, 0.717) is 5.52 Å². The highest BCUT2D eigenvalue weighted by molar-refractivity contribution is 5.45. The Kier molecular flexibility index (Phi) is 2.71. The second-order valence-electron chi connectivity index (χ2n) is 4.77. The maximum Gasteiger partial charge on any atom is 0.274 e. The lowest BCUT2D eigenvalue weighted by Crippen LogP contribution is -2.12. The number of rotatable bonds is 2. The molecule has 1 aromatic carbocycles. The molecule has 19 heavy (non-hydrogen) atoms. The molecule has 0 amide bonds. The van der Waals surface area contributed by atoms with Crippen LogP contribution in [0.3, 0.4) is 0 Å². The summed E-state index contributed by atoms with van der Waals surface area (Å²) in [5.74, 6) is 1.03. The lowest BCUT2D eigenvalue weighted by Gasteiger charge is -2.11. The Bertz CT molecular complexity index is 771. The van der Waals surface area contributed by atoms with Crippen molar-refractivity contribution in [3.8, 4) is 0 Å². The van der Waals surface area contributed by atoms with Crippen LogP contribution in [0, 0.1) is 6.92 Å². The first-order chi connectivity index (χ1) is 9.16. The Labute approximate surface area is 110 Å². The van der Waals surface area contributed by atoms with Crippen LogP contribution in [0.2, 0.25) is 0 Å². The van der Waals surface area contributed by atoms with Crippen LogP contribution < -0.4 is 5.56 Å². The molecule has 1 atom stereocenters. The van der Waals surface area contributed by atoms with Crippen molar-refractivity contribution < 1.29 is 0 Å². The van der Waals surface area contributed by atoms with Gasteiger partial charge in [-0.15, -0.1) is 0 Å². The zero-order valence-electron chi connectivity index (χ0n) is 10.9. The van der Waals surface area contributed by atoms with E-state index in [1.807, 2.05) is 35.7 Å². The van der Waals surface area contributed by atoms with Crippen LogP contribution in [-0.4, -0.2) is 14.4 Å². The van der Waals surface area contributed by atoms with E-state index in [-0.39, 0.29) is 11.5 Å². The quantitative estimate of drug-likeness (QED) is 0.762. The predicted octanol–water partition coefficient (Wildman–Crippen LogP) is 2.48. The summed E-state index contributed by atoms with van der Waals surface area (Å²) in [7, 11) is 0. The third kappa shape index (κ3) is 1.95. The molecule has 0 spiro atoms. The molecule has 0 aliphatic carbocycles. The van der Waals surface area contributed by atoms with E-state index in [1.165, 1.54) is 5.56 Å². The van der Waals surface area contributed by atoms with E-state index < -0.39 is 0 Å². The monoisotopic (exact) mass is 253 g/mol. The first-order valence-electron chi connectivity index (χ1n) is 6.28. The minimum absolute atomic E-state index is 0.0981. The number of imidazole rings is 1. The maximum absolute atomic E-state index is 11.9. The Morgan fingerprint density at radius 3 is 2.74 bits per heavy atom. The van der Waals surface area contributed by atoms with E-state index in [4.69, 9.17) is 0 Å². The molecule has 96 valence electrons. The topological polar surface area (TPSA) is 50.2 Å². The van der Waals surface area contributed by atoms with Gasteiger partial charge >= 0.3 is 0 Å². The lowest BCUT2D eigenvalue weighted by molar-refractivity contribution is 0.804. The van der Waals surface area contributed by atoms with Gasteiger partial charge in [0.25, 0.3) is 5.56 Å². The van der Waals surface area contributed by atoms with Crippen LogP contribution in [-0.2, 0) is 0 Å². The number of H-pyrrole nitrogens is 1.